The molecule has 0 bridgehead atoms. The molecule has 0 unspecified atom stereocenters. The van der Waals surface area contributed by atoms with Gasteiger partial charge in [-0.15, -0.1) is 0 Å². The summed E-state index contributed by atoms with van der Waals surface area (Å²) in [5, 5.41) is 15.5. The minimum atomic E-state index is -0.192. The van der Waals surface area contributed by atoms with Crippen LogP contribution in [0.2, 0.25) is 0 Å². The van der Waals surface area contributed by atoms with Gasteiger partial charge in [0.2, 0.25) is 0 Å². The molecule has 0 radical (unpaired) electrons. The summed E-state index contributed by atoms with van der Waals surface area (Å²) >= 11 is 0. The van der Waals surface area contributed by atoms with E-state index in [0.717, 1.165) is 43.7 Å². The van der Waals surface area contributed by atoms with E-state index in [0.29, 0.717) is 6.54 Å². The summed E-state index contributed by atoms with van der Waals surface area (Å²) in [6.07, 6.45) is 5.69. The molecule has 5 heteroatoms. The lowest BCUT2D eigenvalue weighted by atomic mass is 9.93. The van der Waals surface area contributed by atoms with E-state index in [2.05, 4.69) is 46.7 Å². The van der Waals surface area contributed by atoms with Gasteiger partial charge in [0.1, 0.15) is 0 Å². The summed E-state index contributed by atoms with van der Waals surface area (Å²) in [5.74, 6) is 0.865. The zero-order valence-electron chi connectivity index (χ0n) is 15.9. The Labute approximate surface area is 157 Å². The molecule has 1 aromatic carbocycles. The average molecular weight is 360 g/mol. The molecular formula is C21H33N3O2. The maximum absolute atomic E-state index is 12.0. The van der Waals surface area contributed by atoms with Gasteiger partial charge in [-0.3, -0.25) is 4.90 Å². The molecule has 2 aliphatic rings. The predicted molar refractivity (Wildman–Crippen MR) is 104 cm³/mol. The minimum Gasteiger partial charge on any atom is -0.393 e. The lowest BCUT2D eigenvalue weighted by Crippen LogP contribution is -2.43. The molecule has 0 aromatic heterocycles. The number of aliphatic hydroxyl groups excluding tert-OH is 1. The maximum atomic E-state index is 12.0. The van der Waals surface area contributed by atoms with Crippen molar-refractivity contribution in [3.05, 3.63) is 35.4 Å². The highest BCUT2D eigenvalue weighted by atomic mass is 16.3. The summed E-state index contributed by atoms with van der Waals surface area (Å²) in [7, 11) is 0. The number of urea groups is 1. The quantitative estimate of drug-likeness (QED) is 0.757. The molecule has 0 spiro atoms. The van der Waals surface area contributed by atoms with Crippen LogP contribution in [0.5, 0.6) is 0 Å². The van der Waals surface area contributed by atoms with Crippen LogP contribution in [-0.2, 0) is 13.1 Å². The summed E-state index contributed by atoms with van der Waals surface area (Å²) in [6, 6.07) is 8.65. The number of rotatable bonds is 5. The van der Waals surface area contributed by atoms with E-state index in [4.69, 9.17) is 0 Å². The van der Waals surface area contributed by atoms with Gasteiger partial charge in [-0.1, -0.05) is 31.2 Å². The average Bonchev–Trinajstić information content (AvgIpc) is 2.65. The van der Waals surface area contributed by atoms with Gasteiger partial charge in [0.05, 0.1) is 6.10 Å². The van der Waals surface area contributed by atoms with Gasteiger partial charge in [0.25, 0.3) is 0 Å². The molecule has 1 aliphatic heterocycles. The second kappa shape index (κ2) is 9.38. The first-order valence-electron chi connectivity index (χ1n) is 10.1. The number of nitrogens with one attached hydrogen (secondary N) is 2. The Morgan fingerprint density at radius 1 is 1.04 bits per heavy atom. The van der Waals surface area contributed by atoms with Gasteiger partial charge in [-0.2, -0.15) is 0 Å². The van der Waals surface area contributed by atoms with Crippen molar-refractivity contribution in [3.63, 3.8) is 0 Å². The molecule has 144 valence electrons. The number of likely N-dealkylation sites (tertiary alicyclic amines) is 1. The molecule has 1 saturated heterocycles. The van der Waals surface area contributed by atoms with Crippen molar-refractivity contribution >= 4 is 6.03 Å². The van der Waals surface area contributed by atoms with E-state index in [9.17, 15) is 9.90 Å². The molecule has 1 aromatic rings. The van der Waals surface area contributed by atoms with Crippen LogP contribution in [0.15, 0.2) is 24.3 Å². The number of nitrogens with zero attached hydrogens (tertiary/aromatic N) is 1. The van der Waals surface area contributed by atoms with Crippen LogP contribution in [0, 0.1) is 5.92 Å². The Bertz CT molecular complexity index is 559. The summed E-state index contributed by atoms with van der Waals surface area (Å²) in [6.45, 7) is 6.30. The van der Waals surface area contributed by atoms with Gasteiger partial charge < -0.3 is 15.7 Å². The number of carbonyl (C=O) groups is 1. The highest BCUT2D eigenvalue weighted by molar-refractivity contribution is 5.74. The van der Waals surface area contributed by atoms with Crippen LogP contribution >= 0.6 is 0 Å². The highest BCUT2D eigenvalue weighted by Crippen LogP contribution is 2.19. The van der Waals surface area contributed by atoms with Crippen molar-refractivity contribution in [1.29, 1.82) is 0 Å². The topological polar surface area (TPSA) is 64.6 Å². The molecule has 2 fully saturated rings. The first kappa shape index (κ1) is 19.2. The first-order chi connectivity index (χ1) is 12.6. The second-order valence-corrected chi connectivity index (χ2v) is 8.11. The first-order valence-corrected chi connectivity index (χ1v) is 10.1. The van der Waals surface area contributed by atoms with E-state index in [1.807, 2.05) is 0 Å². The Morgan fingerprint density at radius 2 is 1.65 bits per heavy atom. The van der Waals surface area contributed by atoms with Crippen molar-refractivity contribution in [3.8, 4) is 0 Å². The fraction of sp³-hybridized carbons (Fsp3) is 0.667. The summed E-state index contributed by atoms with van der Waals surface area (Å²) in [5.41, 5.74) is 2.46. The van der Waals surface area contributed by atoms with Gasteiger partial charge in [-0.25, -0.2) is 4.79 Å². The maximum Gasteiger partial charge on any atom is 0.315 e. The standard InChI is InChI=1S/C21H33N3O2/c1-16-10-12-24(13-11-16)15-18-4-2-17(3-5-18)14-22-21(26)23-19-6-8-20(25)9-7-19/h2-5,16,19-20,25H,6-15H2,1H3,(H2,22,23,26). The van der Waals surface area contributed by atoms with Crippen LogP contribution in [0.3, 0.4) is 0 Å². The molecule has 3 N–H and O–H groups in total. The summed E-state index contributed by atoms with van der Waals surface area (Å²) in [4.78, 5) is 14.6. The number of hydrogen-bond donors (Lipinski definition) is 3. The van der Waals surface area contributed by atoms with Crippen LogP contribution in [0.25, 0.3) is 0 Å². The van der Waals surface area contributed by atoms with E-state index < -0.39 is 0 Å². The van der Waals surface area contributed by atoms with E-state index >= 15 is 0 Å². The van der Waals surface area contributed by atoms with Crippen molar-refractivity contribution < 1.29 is 9.90 Å². The zero-order chi connectivity index (χ0) is 18.4. The van der Waals surface area contributed by atoms with Crippen LogP contribution in [-0.4, -0.2) is 41.3 Å². The molecule has 26 heavy (non-hydrogen) atoms. The van der Waals surface area contributed by atoms with Crippen LogP contribution < -0.4 is 10.6 Å². The molecule has 3 rings (SSSR count). The van der Waals surface area contributed by atoms with Crippen molar-refractivity contribution in [2.45, 2.75) is 70.7 Å². The number of benzene rings is 1. The van der Waals surface area contributed by atoms with Crippen molar-refractivity contribution in [2.24, 2.45) is 5.92 Å². The number of piperidine rings is 1. The Balaban J connectivity index is 1.38. The Kier molecular flexibility index (Phi) is 6.92. The SMILES string of the molecule is CC1CCN(Cc2ccc(CNC(=O)NC3CCC(O)CC3)cc2)CC1. The van der Waals surface area contributed by atoms with Gasteiger partial charge >= 0.3 is 6.03 Å². The summed E-state index contributed by atoms with van der Waals surface area (Å²) < 4.78 is 0. The minimum absolute atomic E-state index is 0.113. The normalized spacial score (nSPS) is 25.0. The second-order valence-electron chi connectivity index (χ2n) is 8.11. The smallest absolute Gasteiger partial charge is 0.315 e. The van der Waals surface area contributed by atoms with Crippen molar-refractivity contribution in [1.82, 2.24) is 15.5 Å². The molecule has 1 heterocycles. The van der Waals surface area contributed by atoms with E-state index in [1.54, 1.807) is 0 Å². The molecule has 1 aliphatic carbocycles. The number of amides is 2. The number of aliphatic hydroxyl groups is 1. The van der Waals surface area contributed by atoms with E-state index in [1.165, 1.54) is 31.5 Å². The number of hydrogen-bond acceptors (Lipinski definition) is 3. The third-order valence-electron chi connectivity index (χ3n) is 5.79. The fourth-order valence-corrected chi connectivity index (χ4v) is 3.88. The largest absolute Gasteiger partial charge is 0.393 e. The van der Waals surface area contributed by atoms with Crippen molar-refractivity contribution in [2.75, 3.05) is 13.1 Å². The third kappa shape index (κ3) is 5.99. The zero-order valence-corrected chi connectivity index (χ0v) is 15.9. The monoisotopic (exact) mass is 359 g/mol. The lowest BCUT2D eigenvalue weighted by Gasteiger charge is -2.30. The Hall–Kier alpha value is -1.59. The van der Waals surface area contributed by atoms with Crippen LogP contribution in [0.4, 0.5) is 4.79 Å². The number of carbonyl (C=O) groups excluding carboxylic acids is 1. The molecule has 1 saturated carbocycles. The highest BCUT2D eigenvalue weighted by Gasteiger charge is 2.20. The predicted octanol–water partition coefficient (Wildman–Crippen LogP) is 3.02. The molecule has 2 amide bonds. The van der Waals surface area contributed by atoms with Gasteiger partial charge in [0, 0.05) is 19.1 Å². The fourth-order valence-electron chi connectivity index (χ4n) is 3.88. The third-order valence-corrected chi connectivity index (χ3v) is 5.79. The van der Waals surface area contributed by atoms with Gasteiger partial charge in [-0.05, 0) is 68.7 Å². The van der Waals surface area contributed by atoms with E-state index in [-0.39, 0.29) is 18.2 Å². The molecular weight excluding hydrogens is 326 g/mol. The molecule has 0 atom stereocenters. The van der Waals surface area contributed by atoms with Crippen LogP contribution in [0.1, 0.15) is 56.6 Å². The van der Waals surface area contributed by atoms with Gasteiger partial charge in [0.15, 0.2) is 0 Å². The Morgan fingerprint density at radius 3 is 2.31 bits per heavy atom. The molecule has 5 nitrogen and oxygen atoms in total. The lowest BCUT2D eigenvalue weighted by molar-refractivity contribution is 0.117.